The summed E-state index contributed by atoms with van der Waals surface area (Å²) in [4.78, 5) is 33.8. The maximum atomic E-state index is 13.9. The van der Waals surface area contributed by atoms with Crippen LogP contribution in [0.25, 0.3) is 11.6 Å². The standard InChI is InChI=1S/C33H39BN2O5/c1-2-22-19-26-31(33(39)36(32(26)38)24-10-4-3-5-11-24)27-20-34(40)41-29(30(22)27)15-14-23(28-13-6-7-16-35-28)17-21-9-8-12-25(37)18-21/h6-9,12-13,16-18,24,26-27,29,31,37,40H,2-5,10-11,14-15,19-20H2,1H3/b23-17-/t26-,27+,29-,31-/m1/s1. The van der Waals surface area contributed by atoms with Crippen LogP contribution in [0.5, 0.6) is 5.75 Å². The molecule has 0 unspecified atom stereocenters. The first-order valence-corrected chi connectivity index (χ1v) is 15.3. The highest BCUT2D eigenvalue weighted by Gasteiger charge is 2.58. The van der Waals surface area contributed by atoms with Gasteiger partial charge >= 0.3 is 7.12 Å². The Hall–Kier alpha value is -3.23. The van der Waals surface area contributed by atoms with Crippen molar-refractivity contribution in [3.63, 3.8) is 0 Å². The quantitative estimate of drug-likeness (QED) is 0.261. The molecular formula is C33H39BN2O5. The number of phenols is 1. The van der Waals surface area contributed by atoms with Crippen LogP contribution in [0.15, 0.2) is 59.8 Å². The van der Waals surface area contributed by atoms with E-state index >= 15 is 0 Å². The first-order valence-electron chi connectivity index (χ1n) is 15.3. The van der Waals surface area contributed by atoms with Gasteiger partial charge in [0.1, 0.15) is 5.75 Å². The molecule has 2 aliphatic heterocycles. The van der Waals surface area contributed by atoms with Crippen molar-refractivity contribution in [2.45, 2.75) is 83.2 Å². The Morgan fingerprint density at radius 2 is 1.93 bits per heavy atom. The molecule has 214 valence electrons. The molecule has 8 heteroatoms. The van der Waals surface area contributed by atoms with E-state index in [2.05, 4.69) is 11.9 Å². The lowest BCUT2D eigenvalue weighted by molar-refractivity contribution is -0.143. The fraction of sp³-hybridized carbons (Fsp3) is 0.485. The number of hydrogen-bond acceptors (Lipinski definition) is 6. The summed E-state index contributed by atoms with van der Waals surface area (Å²) in [7, 11) is -0.981. The summed E-state index contributed by atoms with van der Waals surface area (Å²) in [6.07, 6.45) is 11.5. The lowest BCUT2D eigenvalue weighted by Gasteiger charge is -2.43. The van der Waals surface area contributed by atoms with Crippen molar-refractivity contribution in [2.75, 3.05) is 0 Å². The number of imide groups is 1. The van der Waals surface area contributed by atoms with Gasteiger partial charge in [0.25, 0.3) is 0 Å². The minimum absolute atomic E-state index is 0.000849. The Morgan fingerprint density at radius 3 is 2.66 bits per heavy atom. The van der Waals surface area contributed by atoms with E-state index < -0.39 is 13.0 Å². The molecule has 7 nitrogen and oxygen atoms in total. The number of fused-ring (bicyclic) bond motifs is 3. The molecule has 2 saturated heterocycles. The fourth-order valence-electron chi connectivity index (χ4n) is 7.76. The fourth-order valence-corrected chi connectivity index (χ4v) is 7.76. The number of allylic oxidation sites excluding steroid dienone is 2. The van der Waals surface area contributed by atoms with Crippen molar-refractivity contribution in [2.24, 2.45) is 17.8 Å². The second-order valence-corrected chi connectivity index (χ2v) is 12.0. The highest BCUT2D eigenvalue weighted by atomic mass is 16.5. The van der Waals surface area contributed by atoms with Gasteiger partial charge in [-0.2, -0.15) is 0 Å². The molecule has 2 N–H and O–H groups in total. The third kappa shape index (κ3) is 5.52. The van der Waals surface area contributed by atoms with E-state index in [-0.39, 0.29) is 41.5 Å². The smallest absolute Gasteiger partial charge is 0.455 e. The summed E-state index contributed by atoms with van der Waals surface area (Å²) >= 11 is 0. The molecule has 1 saturated carbocycles. The second-order valence-electron chi connectivity index (χ2n) is 12.0. The SMILES string of the molecule is CCC1=C2[C@@H](CC/C(=C/c3cccc(O)c3)c3ccccn3)OB(O)C[C@@H]2[C@@H]2C(=O)N(C3CCCCC3)C(=O)[C@@H]2C1. The van der Waals surface area contributed by atoms with E-state index in [1.165, 1.54) is 12.0 Å². The maximum Gasteiger partial charge on any atom is 0.455 e. The van der Waals surface area contributed by atoms with Crippen molar-refractivity contribution in [3.05, 3.63) is 71.1 Å². The molecule has 6 rings (SSSR count). The number of aromatic nitrogens is 1. The van der Waals surface area contributed by atoms with Crippen molar-refractivity contribution in [1.82, 2.24) is 9.88 Å². The number of pyridine rings is 1. The Bertz CT molecular complexity index is 1350. The molecule has 0 radical (unpaired) electrons. The average Bonchev–Trinajstić information content (AvgIpc) is 3.24. The molecule has 3 heterocycles. The van der Waals surface area contributed by atoms with Gasteiger partial charge in [0.05, 0.1) is 23.6 Å². The predicted octanol–water partition coefficient (Wildman–Crippen LogP) is 5.65. The Kier molecular flexibility index (Phi) is 8.13. The summed E-state index contributed by atoms with van der Waals surface area (Å²) in [5, 5.41) is 20.9. The molecule has 0 spiro atoms. The lowest BCUT2D eigenvalue weighted by atomic mass is 9.58. The molecule has 41 heavy (non-hydrogen) atoms. The first kappa shape index (κ1) is 27.9. The summed E-state index contributed by atoms with van der Waals surface area (Å²) in [5.41, 5.74) is 5.05. The number of carbonyl (C=O) groups is 2. The Morgan fingerprint density at radius 1 is 1.10 bits per heavy atom. The summed E-state index contributed by atoms with van der Waals surface area (Å²) < 4.78 is 6.20. The first-order chi connectivity index (χ1) is 19.9. The molecule has 2 aliphatic carbocycles. The molecule has 2 aromatic rings. The van der Waals surface area contributed by atoms with Crippen LogP contribution in [0.1, 0.15) is 76.0 Å². The van der Waals surface area contributed by atoms with Crippen LogP contribution in [-0.4, -0.2) is 51.1 Å². The molecule has 4 atom stereocenters. The van der Waals surface area contributed by atoms with Gasteiger partial charge in [-0.15, -0.1) is 0 Å². The van der Waals surface area contributed by atoms with Crippen LogP contribution in [0.3, 0.4) is 0 Å². The highest BCUT2D eigenvalue weighted by molar-refractivity contribution is 6.43. The third-order valence-corrected chi connectivity index (χ3v) is 9.59. The minimum Gasteiger partial charge on any atom is -0.508 e. The van der Waals surface area contributed by atoms with Gasteiger partial charge in [0, 0.05) is 12.2 Å². The number of likely N-dealkylation sites (tertiary alicyclic amines) is 1. The van der Waals surface area contributed by atoms with Crippen LogP contribution in [0, 0.1) is 17.8 Å². The van der Waals surface area contributed by atoms with Gasteiger partial charge in [0.15, 0.2) is 0 Å². The number of benzene rings is 1. The second kappa shape index (κ2) is 11.9. The van der Waals surface area contributed by atoms with Crippen LogP contribution in [0.2, 0.25) is 6.32 Å². The van der Waals surface area contributed by atoms with Gasteiger partial charge in [-0.3, -0.25) is 19.5 Å². The van der Waals surface area contributed by atoms with Gasteiger partial charge in [-0.1, -0.05) is 50.0 Å². The van der Waals surface area contributed by atoms with E-state index in [4.69, 9.17) is 4.65 Å². The number of hydrogen-bond donors (Lipinski definition) is 2. The van der Waals surface area contributed by atoms with Gasteiger partial charge in [0.2, 0.25) is 11.8 Å². The normalized spacial score (nSPS) is 27.3. The number of rotatable bonds is 7. The van der Waals surface area contributed by atoms with Crippen molar-refractivity contribution < 1.29 is 24.4 Å². The van der Waals surface area contributed by atoms with E-state index in [0.717, 1.165) is 54.5 Å². The van der Waals surface area contributed by atoms with Gasteiger partial charge in [-0.05, 0) is 97.8 Å². The van der Waals surface area contributed by atoms with E-state index in [0.29, 0.717) is 25.6 Å². The van der Waals surface area contributed by atoms with Crippen molar-refractivity contribution in [1.29, 1.82) is 0 Å². The molecule has 3 fully saturated rings. The third-order valence-electron chi connectivity index (χ3n) is 9.59. The zero-order valence-electron chi connectivity index (χ0n) is 23.7. The monoisotopic (exact) mass is 554 g/mol. The molecular weight excluding hydrogens is 515 g/mol. The Labute approximate surface area is 242 Å². The summed E-state index contributed by atoms with van der Waals surface area (Å²) in [5.74, 6) is -0.747. The number of phenolic OH excluding ortho intramolecular Hbond substituents is 1. The number of nitrogens with zero attached hydrogens (tertiary/aromatic N) is 2. The molecule has 1 aromatic carbocycles. The molecule has 2 amide bonds. The number of aromatic hydroxyl groups is 1. The van der Waals surface area contributed by atoms with Crippen LogP contribution >= 0.6 is 0 Å². The van der Waals surface area contributed by atoms with E-state index in [9.17, 15) is 19.7 Å². The van der Waals surface area contributed by atoms with Crippen molar-refractivity contribution >= 4 is 30.6 Å². The molecule has 0 bridgehead atoms. The van der Waals surface area contributed by atoms with E-state index in [1.807, 2.05) is 36.4 Å². The lowest BCUT2D eigenvalue weighted by Crippen LogP contribution is -2.46. The summed E-state index contributed by atoms with van der Waals surface area (Å²) in [6, 6.07) is 13.0. The zero-order valence-corrected chi connectivity index (χ0v) is 23.7. The average molecular weight is 554 g/mol. The summed E-state index contributed by atoms with van der Waals surface area (Å²) in [6.45, 7) is 2.11. The topological polar surface area (TPSA) is 100.0 Å². The van der Waals surface area contributed by atoms with Crippen LogP contribution in [0.4, 0.5) is 0 Å². The van der Waals surface area contributed by atoms with Gasteiger partial charge in [-0.25, -0.2) is 0 Å². The minimum atomic E-state index is -0.981. The number of amides is 2. The predicted molar refractivity (Wildman–Crippen MR) is 158 cm³/mol. The molecule has 1 aromatic heterocycles. The largest absolute Gasteiger partial charge is 0.508 e. The highest BCUT2D eigenvalue weighted by Crippen LogP contribution is 2.52. The van der Waals surface area contributed by atoms with Crippen molar-refractivity contribution in [3.8, 4) is 5.75 Å². The molecule has 4 aliphatic rings. The number of carbonyl (C=O) groups excluding carboxylic acids is 2. The van der Waals surface area contributed by atoms with E-state index in [1.54, 1.807) is 23.2 Å². The van der Waals surface area contributed by atoms with Crippen LogP contribution in [-0.2, 0) is 14.2 Å². The zero-order chi connectivity index (χ0) is 28.5. The van der Waals surface area contributed by atoms with Crippen LogP contribution < -0.4 is 0 Å². The Balaban J connectivity index is 1.29. The van der Waals surface area contributed by atoms with Gasteiger partial charge < -0.3 is 14.8 Å². The maximum absolute atomic E-state index is 13.9.